The fourth-order valence-corrected chi connectivity index (χ4v) is 3.31. The Balaban J connectivity index is 1.73. The van der Waals surface area contributed by atoms with E-state index < -0.39 is 0 Å². The summed E-state index contributed by atoms with van der Waals surface area (Å²) in [6.07, 6.45) is 2.61. The molecule has 3 heteroatoms. The van der Waals surface area contributed by atoms with Gasteiger partial charge in [0.1, 0.15) is 5.75 Å². The highest BCUT2D eigenvalue weighted by atomic mass is 16.5. The van der Waals surface area contributed by atoms with Crippen LogP contribution in [0.15, 0.2) is 42.5 Å². The summed E-state index contributed by atoms with van der Waals surface area (Å²) in [4.78, 5) is 14.7. The van der Waals surface area contributed by atoms with Gasteiger partial charge in [0.2, 0.25) is 0 Å². The van der Waals surface area contributed by atoms with Gasteiger partial charge < -0.3 is 9.64 Å². The predicted molar refractivity (Wildman–Crippen MR) is 93.6 cm³/mol. The van der Waals surface area contributed by atoms with Crippen LogP contribution in [0.4, 0.5) is 0 Å². The second-order valence-electron chi connectivity index (χ2n) is 6.56. The zero-order valence-corrected chi connectivity index (χ0v) is 14.0. The van der Waals surface area contributed by atoms with Crippen molar-refractivity contribution in [3.05, 3.63) is 42.5 Å². The van der Waals surface area contributed by atoms with Crippen LogP contribution in [0.1, 0.15) is 33.1 Å². The van der Waals surface area contributed by atoms with Gasteiger partial charge >= 0.3 is 0 Å². The van der Waals surface area contributed by atoms with Crippen LogP contribution < -0.4 is 4.74 Å². The lowest BCUT2D eigenvalue weighted by Crippen LogP contribution is -2.46. The molecule has 0 aliphatic carbocycles. The Labute approximate surface area is 138 Å². The lowest BCUT2D eigenvalue weighted by Gasteiger charge is -2.33. The summed E-state index contributed by atoms with van der Waals surface area (Å²) in [6, 6.07) is 14.2. The molecule has 3 rings (SSSR count). The molecule has 0 radical (unpaired) electrons. The number of fused-ring (bicyclic) bond motifs is 1. The molecule has 3 nitrogen and oxygen atoms in total. The molecule has 1 heterocycles. The minimum Gasteiger partial charge on any atom is -0.481 e. The van der Waals surface area contributed by atoms with Crippen molar-refractivity contribution in [1.82, 2.24) is 4.90 Å². The molecule has 122 valence electrons. The highest BCUT2D eigenvalue weighted by Gasteiger charge is 2.27. The first-order valence-electron chi connectivity index (χ1n) is 8.61. The molecule has 0 unspecified atom stereocenters. The van der Waals surface area contributed by atoms with Gasteiger partial charge in [-0.3, -0.25) is 4.79 Å². The Kier molecular flexibility index (Phi) is 4.85. The summed E-state index contributed by atoms with van der Waals surface area (Å²) in [6.45, 7) is 5.94. The van der Waals surface area contributed by atoms with Crippen LogP contribution in [-0.2, 0) is 4.79 Å². The quantitative estimate of drug-likeness (QED) is 0.844. The zero-order chi connectivity index (χ0) is 16.2. The maximum Gasteiger partial charge on any atom is 0.263 e. The van der Waals surface area contributed by atoms with Gasteiger partial charge in [0.25, 0.3) is 5.91 Å². The Morgan fingerprint density at radius 2 is 2.04 bits per heavy atom. The van der Waals surface area contributed by atoms with Crippen molar-refractivity contribution in [2.75, 3.05) is 13.1 Å². The number of rotatable bonds is 4. The van der Waals surface area contributed by atoms with Crippen molar-refractivity contribution in [2.45, 2.75) is 39.2 Å². The van der Waals surface area contributed by atoms with E-state index >= 15 is 0 Å². The van der Waals surface area contributed by atoms with Crippen LogP contribution in [-0.4, -0.2) is 30.0 Å². The molecule has 0 saturated carbocycles. The SMILES string of the molecule is CC[C@H](Oc1ccc2ccccc2c1)C(=O)N1CCC[C@@H](C)C1. The minimum absolute atomic E-state index is 0.132. The molecular formula is C20H25NO2. The lowest BCUT2D eigenvalue weighted by molar-refractivity contribution is -0.140. The Morgan fingerprint density at radius 3 is 2.78 bits per heavy atom. The van der Waals surface area contributed by atoms with E-state index in [9.17, 15) is 4.79 Å². The number of ether oxygens (including phenoxy) is 1. The largest absolute Gasteiger partial charge is 0.481 e. The molecule has 0 spiro atoms. The van der Waals surface area contributed by atoms with E-state index in [4.69, 9.17) is 4.74 Å². The second-order valence-corrected chi connectivity index (χ2v) is 6.56. The number of benzene rings is 2. The standard InChI is InChI=1S/C20H25NO2/c1-3-19(20(22)21-12-6-7-15(2)14-21)23-18-11-10-16-8-4-5-9-17(16)13-18/h4-5,8-11,13,15,19H,3,6-7,12,14H2,1-2H3/t15-,19+/m1/s1. The molecule has 1 aliphatic heterocycles. The third-order valence-electron chi connectivity index (χ3n) is 4.61. The summed E-state index contributed by atoms with van der Waals surface area (Å²) in [5.74, 6) is 1.49. The normalized spacial score (nSPS) is 19.6. The van der Waals surface area contributed by atoms with Gasteiger partial charge in [0.15, 0.2) is 6.10 Å². The molecule has 1 amide bonds. The monoisotopic (exact) mass is 311 g/mol. The molecule has 2 aromatic rings. The smallest absolute Gasteiger partial charge is 0.263 e. The summed E-state index contributed by atoms with van der Waals surface area (Å²) in [7, 11) is 0. The molecular weight excluding hydrogens is 286 g/mol. The van der Waals surface area contributed by atoms with E-state index in [1.165, 1.54) is 11.8 Å². The minimum atomic E-state index is -0.388. The highest BCUT2D eigenvalue weighted by molar-refractivity contribution is 5.84. The van der Waals surface area contributed by atoms with Crippen LogP contribution in [0, 0.1) is 5.92 Å². The summed E-state index contributed by atoms with van der Waals surface area (Å²) >= 11 is 0. The van der Waals surface area contributed by atoms with Crippen molar-refractivity contribution in [3.63, 3.8) is 0 Å². The van der Waals surface area contributed by atoms with E-state index in [0.29, 0.717) is 12.3 Å². The fourth-order valence-electron chi connectivity index (χ4n) is 3.31. The Bertz CT molecular complexity index is 682. The van der Waals surface area contributed by atoms with Crippen LogP contribution in [0.5, 0.6) is 5.75 Å². The van der Waals surface area contributed by atoms with E-state index in [1.807, 2.05) is 42.2 Å². The molecule has 1 saturated heterocycles. The van der Waals surface area contributed by atoms with Crippen LogP contribution in [0.25, 0.3) is 10.8 Å². The van der Waals surface area contributed by atoms with E-state index in [-0.39, 0.29) is 12.0 Å². The van der Waals surface area contributed by atoms with E-state index in [0.717, 1.165) is 30.6 Å². The van der Waals surface area contributed by atoms with E-state index in [1.54, 1.807) is 0 Å². The van der Waals surface area contributed by atoms with Crippen molar-refractivity contribution in [1.29, 1.82) is 0 Å². The van der Waals surface area contributed by atoms with Gasteiger partial charge in [-0.15, -0.1) is 0 Å². The first-order valence-corrected chi connectivity index (χ1v) is 8.61. The molecule has 2 atom stereocenters. The maximum atomic E-state index is 12.7. The summed E-state index contributed by atoms with van der Waals surface area (Å²) < 4.78 is 6.03. The first kappa shape index (κ1) is 15.9. The lowest BCUT2D eigenvalue weighted by atomic mass is 9.99. The third kappa shape index (κ3) is 3.66. The van der Waals surface area contributed by atoms with Gasteiger partial charge in [0.05, 0.1) is 0 Å². The topological polar surface area (TPSA) is 29.5 Å². The van der Waals surface area contributed by atoms with Crippen LogP contribution in [0.3, 0.4) is 0 Å². The number of nitrogens with zero attached hydrogens (tertiary/aromatic N) is 1. The van der Waals surface area contributed by atoms with Crippen LogP contribution >= 0.6 is 0 Å². The number of carbonyl (C=O) groups excluding carboxylic acids is 1. The number of amides is 1. The number of piperidine rings is 1. The van der Waals surface area contributed by atoms with Gasteiger partial charge in [-0.1, -0.05) is 44.2 Å². The highest BCUT2D eigenvalue weighted by Crippen LogP contribution is 2.23. The summed E-state index contributed by atoms with van der Waals surface area (Å²) in [5.41, 5.74) is 0. The van der Waals surface area contributed by atoms with Crippen molar-refractivity contribution >= 4 is 16.7 Å². The van der Waals surface area contributed by atoms with Gasteiger partial charge in [-0.2, -0.15) is 0 Å². The molecule has 2 aromatic carbocycles. The van der Waals surface area contributed by atoms with E-state index in [2.05, 4.69) is 19.1 Å². The number of hydrogen-bond donors (Lipinski definition) is 0. The Morgan fingerprint density at radius 1 is 1.26 bits per heavy atom. The average molecular weight is 311 g/mol. The van der Waals surface area contributed by atoms with Gasteiger partial charge in [0, 0.05) is 13.1 Å². The molecule has 0 N–H and O–H groups in total. The number of carbonyl (C=O) groups is 1. The average Bonchev–Trinajstić information content (AvgIpc) is 2.59. The van der Waals surface area contributed by atoms with Gasteiger partial charge in [-0.25, -0.2) is 0 Å². The molecule has 1 fully saturated rings. The Hall–Kier alpha value is -2.03. The number of likely N-dealkylation sites (tertiary alicyclic amines) is 1. The third-order valence-corrected chi connectivity index (χ3v) is 4.61. The van der Waals surface area contributed by atoms with Crippen molar-refractivity contribution < 1.29 is 9.53 Å². The van der Waals surface area contributed by atoms with Crippen molar-refractivity contribution in [2.24, 2.45) is 5.92 Å². The van der Waals surface area contributed by atoms with Crippen molar-refractivity contribution in [3.8, 4) is 5.75 Å². The van der Waals surface area contributed by atoms with Crippen LogP contribution in [0.2, 0.25) is 0 Å². The zero-order valence-electron chi connectivity index (χ0n) is 14.0. The molecule has 1 aliphatic rings. The first-order chi connectivity index (χ1) is 11.2. The number of hydrogen-bond acceptors (Lipinski definition) is 2. The molecule has 23 heavy (non-hydrogen) atoms. The molecule has 0 aromatic heterocycles. The summed E-state index contributed by atoms with van der Waals surface area (Å²) in [5, 5.41) is 2.32. The second kappa shape index (κ2) is 7.03. The van der Waals surface area contributed by atoms with Gasteiger partial charge in [-0.05, 0) is 48.1 Å². The fraction of sp³-hybridized carbons (Fsp3) is 0.450. The predicted octanol–water partition coefficient (Wildman–Crippen LogP) is 4.26. The molecule has 0 bridgehead atoms. The maximum absolute atomic E-state index is 12.7.